The molecule has 3 amide bonds. The number of sulfonamides is 1. The summed E-state index contributed by atoms with van der Waals surface area (Å²) in [6, 6.07) is 3.68. The van der Waals surface area contributed by atoms with E-state index in [9.17, 15) is 22.8 Å². The minimum absolute atomic E-state index is 0.109. The van der Waals surface area contributed by atoms with Gasteiger partial charge >= 0.3 is 0 Å². The van der Waals surface area contributed by atoms with Crippen molar-refractivity contribution >= 4 is 27.7 Å². The molecule has 10 nitrogen and oxygen atoms in total. The van der Waals surface area contributed by atoms with Crippen molar-refractivity contribution in [2.75, 3.05) is 39.4 Å². The number of piperazine rings is 1. The maximum atomic E-state index is 13.1. The smallest absolute Gasteiger partial charge is 0.245 e. The van der Waals surface area contributed by atoms with Gasteiger partial charge in [0.15, 0.2) is 11.5 Å². The number of hydrogen-bond donors (Lipinski definition) is 0. The van der Waals surface area contributed by atoms with Gasteiger partial charge in [-0.2, -0.15) is 4.31 Å². The molecule has 3 heterocycles. The van der Waals surface area contributed by atoms with Gasteiger partial charge < -0.3 is 14.4 Å². The van der Waals surface area contributed by atoms with Crippen LogP contribution in [0.15, 0.2) is 23.1 Å². The minimum atomic E-state index is -3.77. The zero-order valence-corrected chi connectivity index (χ0v) is 18.1. The fourth-order valence-electron chi connectivity index (χ4n) is 4.00. The van der Waals surface area contributed by atoms with Crippen LogP contribution in [0.3, 0.4) is 0 Å². The van der Waals surface area contributed by atoms with Crippen LogP contribution in [0.2, 0.25) is 0 Å². The Morgan fingerprint density at radius 2 is 1.58 bits per heavy atom. The quantitative estimate of drug-likeness (QED) is 0.602. The zero-order chi connectivity index (χ0) is 22.2. The highest BCUT2D eigenvalue weighted by molar-refractivity contribution is 7.89. The van der Waals surface area contributed by atoms with Crippen LogP contribution in [-0.4, -0.2) is 85.7 Å². The molecule has 0 aromatic heterocycles. The second-order valence-electron chi connectivity index (χ2n) is 7.72. The first kappa shape index (κ1) is 21.6. The number of benzene rings is 1. The molecule has 1 unspecified atom stereocenters. The molecule has 11 heteroatoms. The standard InChI is InChI=1S/C20H25N3O7S/c1-14(23-18(24)5-6-19(23)25)20(26)21-7-9-22(10-8-21)31(27,28)15-3-4-16-17(13-15)30-12-2-11-29-16/h3-4,13-14H,2,5-12H2,1H3. The molecule has 168 valence electrons. The Morgan fingerprint density at radius 3 is 2.23 bits per heavy atom. The number of ether oxygens (including phenoxy) is 2. The van der Waals surface area contributed by atoms with E-state index in [4.69, 9.17) is 9.47 Å². The normalized spacial score (nSPS) is 21.2. The number of carbonyl (C=O) groups is 3. The molecule has 0 bridgehead atoms. The molecule has 1 atom stereocenters. The first-order valence-corrected chi connectivity index (χ1v) is 11.8. The van der Waals surface area contributed by atoms with E-state index in [2.05, 4.69) is 0 Å². The third-order valence-corrected chi connectivity index (χ3v) is 7.64. The lowest BCUT2D eigenvalue weighted by molar-refractivity contribution is -0.150. The van der Waals surface area contributed by atoms with E-state index in [0.717, 1.165) is 11.3 Å². The number of carbonyl (C=O) groups excluding carboxylic acids is 3. The van der Waals surface area contributed by atoms with E-state index in [1.54, 1.807) is 6.07 Å². The average Bonchev–Trinajstić information content (AvgIpc) is 2.96. The highest BCUT2D eigenvalue weighted by atomic mass is 32.2. The van der Waals surface area contributed by atoms with Crippen molar-refractivity contribution in [3.63, 3.8) is 0 Å². The first-order chi connectivity index (χ1) is 14.8. The monoisotopic (exact) mass is 451 g/mol. The van der Waals surface area contributed by atoms with E-state index in [1.807, 2.05) is 0 Å². The molecule has 2 saturated heterocycles. The van der Waals surface area contributed by atoms with Gasteiger partial charge in [-0.1, -0.05) is 0 Å². The van der Waals surface area contributed by atoms with Gasteiger partial charge in [0.2, 0.25) is 27.7 Å². The molecule has 2 fully saturated rings. The summed E-state index contributed by atoms with van der Waals surface area (Å²) in [5, 5.41) is 0. The fourth-order valence-corrected chi connectivity index (χ4v) is 5.44. The van der Waals surface area contributed by atoms with Gasteiger partial charge in [-0.25, -0.2) is 8.42 Å². The summed E-state index contributed by atoms with van der Waals surface area (Å²) in [7, 11) is -3.77. The summed E-state index contributed by atoms with van der Waals surface area (Å²) in [6.07, 6.45) is 0.968. The Kier molecular flexibility index (Phi) is 5.89. The summed E-state index contributed by atoms with van der Waals surface area (Å²) >= 11 is 0. The van der Waals surface area contributed by atoms with Crippen LogP contribution in [-0.2, 0) is 24.4 Å². The van der Waals surface area contributed by atoms with Crippen molar-refractivity contribution in [1.82, 2.24) is 14.1 Å². The van der Waals surface area contributed by atoms with Crippen LogP contribution in [0, 0.1) is 0 Å². The van der Waals surface area contributed by atoms with Crippen molar-refractivity contribution in [1.29, 1.82) is 0 Å². The van der Waals surface area contributed by atoms with E-state index >= 15 is 0 Å². The third-order valence-electron chi connectivity index (χ3n) is 5.74. The molecule has 0 spiro atoms. The lowest BCUT2D eigenvalue weighted by Gasteiger charge is -2.36. The van der Waals surface area contributed by atoms with Crippen LogP contribution in [0.4, 0.5) is 0 Å². The third kappa shape index (κ3) is 4.11. The summed E-state index contributed by atoms with van der Waals surface area (Å²) in [6.45, 7) is 3.12. The van der Waals surface area contributed by atoms with Crippen LogP contribution in [0.1, 0.15) is 26.2 Å². The van der Waals surface area contributed by atoms with E-state index < -0.39 is 16.1 Å². The van der Waals surface area contributed by atoms with Gasteiger partial charge in [0.25, 0.3) is 0 Å². The molecule has 1 aromatic rings. The van der Waals surface area contributed by atoms with Crippen molar-refractivity contribution in [2.45, 2.75) is 37.1 Å². The molecule has 3 aliphatic heterocycles. The predicted molar refractivity (Wildman–Crippen MR) is 108 cm³/mol. The van der Waals surface area contributed by atoms with Crippen molar-refractivity contribution < 1.29 is 32.3 Å². The van der Waals surface area contributed by atoms with Crippen LogP contribution >= 0.6 is 0 Å². The van der Waals surface area contributed by atoms with Crippen molar-refractivity contribution in [2.24, 2.45) is 0 Å². The second kappa shape index (κ2) is 8.46. The molecule has 0 radical (unpaired) electrons. The van der Waals surface area contributed by atoms with Gasteiger partial charge in [0.05, 0.1) is 18.1 Å². The molecule has 0 N–H and O–H groups in total. The lowest BCUT2D eigenvalue weighted by Crippen LogP contribution is -2.55. The van der Waals surface area contributed by atoms with E-state index in [1.165, 1.54) is 28.3 Å². The van der Waals surface area contributed by atoms with E-state index in [0.29, 0.717) is 24.7 Å². The van der Waals surface area contributed by atoms with Gasteiger partial charge in [-0.05, 0) is 19.1 Å². The molecule has 4 rings (SSSR count). The summed E-state index contributed by atoms with van der Waals surface area (Å²) in [5.74, 6) is -0.118. The molecular weight excluding hydrogens is 426 g/mol. The van der Waals surface area contributed by atoms with Crippen LogP contribution in [0.5, 0.6) is 11.5 Å². The molecule has 3 aliphatic rings. The fraction of sp³-hybridized carbons (Fsp3) is 0.550. The molecule has 31 heavy (non-hydrogen) atoms. The van der Waals surface area contributed by atoms with Crippen LogP contribution < -0.4 is 9.47 Å². The number of nitrogens with zero attached hydrogens (tertiary/aromatic N) is 3. The molecule has 0 saturated carbocycles. The maximum Gasteiger partial charge on any atom is 0.245 e. The maximum absolute atomic E-state index is 13.1. The Labute approximate surface area is 180 Å². The number of hydrogen-bond acceptors (Lipinski definition) is 7. The summed E-state index contributed by atoms with van der Waals surface area (Å²) in [5.41, 5.74) is 0. The van der Waals surface area contributed by atoms with Gasteiger partial charge in [-0.15, -0.1) is 0 Å². The molecule has 1 aromatic carbocycles. The van der Waals surface area contributed by atoms with Gasteiger partial charge in [0.1, 0.15) is 6.04 Å². The number of amides is 3. The highest BCUT2D eigenvalue weighted by Crippen LogP contribution is 2.33. The Bertz CT molecular complexity index is 986. The highest BCUT2D eigenvalue weighted by Gasteiger charge is 2.39. The van der Waals surface area contributed by atoms with Crippen molar-refractivity contribution in [3.05, 3.63) is 18.2 Å². The molecule has 0 aliphatic carbocycles. The predicted octanol–water partition coefficient (Wildman–Crippen LogP) is 0.218. The largest absolute Gasteiger partial charge is 0.490 e. The number of imide groups is 1. The Hall–Kier alpha value is -2.66. The SMILES string of the molecule is CC(C(=O)N1CCN(S(=O)(=O)c2ccc3c(c2)OCCCO3)CC1)N1C(=O)CCC1=O. The number of rotatable bonds is 4. The summed E-state index contributed by atoms with van der Waals surface area (Å²) < 4.78 is 38.7. The number of likely N-dealkylation sites (tertiary alicyclic amines) is 1. The Balaban J connectivity index is 1.42. The topological polar surface area (TPSA) is 114 Å². The Morgan fingerprint density at radius 1 is 0.968 bits per heavy atom. The second-order valence-corrected chi connectivity index (χ2v) is 9.66. The van der Waals surface area contributed by atoms with Gasteiger partial charge in [0, 0.05) is 51.5 Å². The van der Waals surface area contributed by atoms with Crippen LogP contribution in [0.25, 0.3) is 0 Å². The lowest BCUT2D eigenvalue weighted by atomic mass is 10.2. The van der Waals surface area contributed by atoms with E-state index in [-0.39, 0.29) is 61.6 Å². The number of fused-ring (bicyclic) bond motifs is 1. The van der Waals surface area contributed by atoms with Crippen molar-refractivity contribution in [3.8, 4) is 11.5 Å². The first-order valence-electron chi connectivity index (χ1n) is 10.3. The average molecular weight is 452 g/mol. The summed E-state index contributed by atoms with van der Waals surface area (Å²) in [4.78, 5) is 39.2. The zero-order valence-electron chi connectivity index (χ0n) is 17.3. The molecular formula is C20H25N3O7S. The van der Waals surface area contributed by atoms with Gasteiger partial charge in [-0.3, -0.25) is 19.3 Å². The minimum Gasteiger partial charge on any atom is -0.490 e.